The fourth-order valence-electron chi connectivity index (χ4n) is 4.70. The van der Waals surface area contributed by atoms with Gasteiger partial charge in [0.05, 0.1) is 35.0 Å². The van der Waals surface area contributed by atoms with Gasteiger partial charge in [-0.25, -0.2) is 9.37 Å². The molecule has 2 aliphatic rings. The van der Waals surface area contributed by atoms with Gasteiger partial charge in [-0.1, -0.05) is 23.7 Å². The van der Waals surface area contributed by atoms with Crippen molar-refractivity contribution in [1.29, 1.82) is 0 Å². The molecule has 222 valence electrons. The topological polar surface area (TPSA) is 118 Å². The highest BCUT2D eigenvalue weighted by Crippen LogP contribution is 2.40. The number of halogens is 5. The lowest BCUT2D eigenvalue weighted by atomic mass is 10.0. The number of fused-ring (bicyclic) bond motifs is 1. The van der Waals surface area contributed by atoms with Gasteiger partial charge in [-0.2, -0.15) is 18.2 Å². The highest BCUT2D eigenvalue weighted by atomic mass is 35.5. The fourth-order valence-corrected chi connectivity index (χ4v) is 4.95. The van der Waals surface area contributed by atoms with Crippen LogP contribution in [-0.4, -0.2) is 66.1 Å². The zero-order valence-corrected chi connectivity index (χ0v) is 23.1. The van der Waals surface area contributed by atoms with Crippen LogP contribution in [0.4, 0.5) is 29.2 Å². The van der Waals surface area contributed by atoms with E-state index in [0.717, 1.165) is 0 Å². The Labute approximate surface area is 242 Å². The van der Waals surface area contributed by atoms with Gasteiger partial charge in [0.15, 0.2) is 0 Å². The van der Waals surface area contributed by atoms with Gasteiger partial charge in [0.2, 0.25) is 11.8 Å². The first kappa shape index (κ1) is 29.3. The molecule has 1 saturated heterocycles. The van der Waals surface area contributed by atoms with Crippen molar-refractivity contribution in [3.05, 3.63) is 63.8 Å². The average Bonchev–Trinajstić information content (AvgIpc) is 3.23. The average molecular weight is 609 g/mol. The van der Waals surface area contributed by atoms with Crippen LogP contribution in [0.5, 0.6) is 17.4 Å². The number of ether oxygens (including phenoxy) is 2. The fraction of sp³-hybridized carbons (Fsp3) is 0.333. The number of rotatable bonds is 7. The molecule has 42 heavy (non-hydrogen) atoms. The number of hydrogen-bond donors (Lipinski definition) is 3. The van der Waals surface area contributed by atoms with Gasteiger partial charge in [0, 0.05) is 26.3 Å². The van der Waals surface area contributed by atoms with Crippen molar-refractivity contribution < 1.29 is 36.6 Å². The smallest absolute Gasteiger partial charge is 0.423 e. The summed E-state index contributed by atoms with van der Waals surface area (Å²) in [6.45, 7) is 0.947. The van der Waals surface area contributed by atoms with Gasteiger partial charge in [-0.05, 0) is 36.7 Å². The number of nitrogens with one attached hydrogen (secondary N) is 3. The molecular formula is C27H25ClF4N6O4. The number of anilines is 2. The molecule has 2 amide bonds. The van der Waals surface area contributed by atoms with Crippen molar-refractivity contribution in [2.75, 3.05) is 32.6 Å². The van der Waals surface area contributed by atoms with E-state index in [9.17, 15) is 27.2 Å². The summed E-state index contributed by atoms with van der Waals surface area (Å²) in [6, 6.07) is 6.56. The van der Waals surface area contributed by atoms with Crippen LogP contribution in [0.2, 0.25) is 5.02 Å². The van der Waals surface area contributed by atoms with E-state index in [4.69, 9.17) is 21.1 Å². The van der Waals surface area contributed by atoms with Gasteiger partial charge in [-0.15, -0.1) is 0 Å². The van der Waals surface area contributed by atoms with Crippen LogP contribution < -0.4 is 25.4 Å². The number of amides is 2. The maximum atomic E-state index is 14.2. The molecule has 0 radical (unpaired) electrons. The van der Waals surface area contributed by atoms with Gasteiger partial charge >= 0.3 is 6.18 Å². The number of benzene rings is 2. The highest BCUT2D eigenvalue weighted by molar-refractivity contribution is 6.34. The Balaban J connectivity index is 1.44. The van der Waals surface area contributed by atoms with Crippen LogP contribution in [0.3, 0.4) is 0 Å². The van der Waals surface area contributed by atoms with E-state index < -0.39 is 41.6 Å². The van der Waals surface area contributed by atoms with Crippen LogP contribution >= 0.6 is 11.6 Å². The summed E-state index contributed by atoms with van der Waals surface area (Å²) < 4.78 is 66.7. The molecule has 0 aliphatic carbocycles. The molecule has 0 spiro atoms. The summed E-state index contributed by atoms with van der Waals surface area (Å²) in [7, 11) is 2.88. The zero-order valence-electron chi connectivity index (χ0n) is 22.3. The van der Waals surface area contributed by atoms with Crippen molar-refractivity contribution in [2.24, 2.45) is 0 Å². The van der Waals surface area contributed by atoms with E-state index in [2.05, 4.69) is 25.9 Å². The van der Waals surface area contributed by atoms with Crippen molar-refractivity contribution in [3.8, 4) is 17.4 Å². The number of alkyl halides is 4. The number of hydrogen-bond acceptors (Lipinski definition) is 8. The third-order valence-corrected chi connectivity index (χ3v) is 7.16. The van der Waals surface area contributed by atoms with Crippen molar-refractivity contribution >= 4 is 35.1 Å². The molecule has 3 N–H and O–H groups in total. The molecule has 1 fully saturated rings. The van der Waals surface area contributed by atoms with Crippen LogP contribution in [0.1, 0.15) is 38.3 Å². The Bertz CT molecular complexity index is 1540. The first-order valence-corrected chi connectivity index (χ1v) is 13.1. The molecule has 3 heterocycles. The van der Waals surface area contributed by atoms with Crippen LogP contribution in [-0.2, 0) is 12.7 Å². The molecular weight excluding hydrogens is 584 g/mol. The van der Waals surface area contributed by atoms with E-state index in [1.54, 1.807) is 19.2 Å². The minimum Gasteiger partial charge on any atom is -0.495 e. The molecule has 2 aliphatic heterocycles. The second-order valence-corrected chi connectivity index (χ2v) is 10.1. The second-order valence-electron chi connectivity index (χ2n) is 9.71. The standard InChI is InChI=1S/C27H25ClF4N6O4/c1-38-12-13-4-3-5-20(22(13)25(38)40)42-24-15(27(30,31)32)10-34-26(37-24)36-19-9-16(28)14(8-21(19)41-2)23(39)35-18-6-7-33-11-17(18)29/h3-5,8-10,17-18,33H,6-7,11-12H2,1-2H3,(H,35,39)(H,34,36,37)/t17-,18+/m0/s1. The van der Waals surface area contributed by atoms with Gasteiger partial charge in [0.1, 0.15) is 23.2 Å². The third kappa shape index (κ3) is 5.90. The van der Waals surface area contributed by atoms with Gasteiger partial charge in [-0.3, -0.25) is 9.59 Å². The normalized spacial score (nSPS) is 18.5. The third-order valence-electron chi connectivity index (χ3n) is 6.85. The second kappa shape index (κ2) is 11.6. The van der Waals surface area contributed by atoms with E-state index in [0.29, 0.717) is 24.7 Å². The first-order chi connectivity index (χ1) is 20.0. The van der Waals surface area contributed by atoms with E-state index in [-0.39, 0.29) is 52.4 Å². The SMILES string of the molecule is COc1cc(C(=O)N[C@@H]2CCNC[C@@H]2F)c(Cl)cc1Nc1ncc(C(F)(F)F)c(Oc2cccc3c2C(=O)N(C)C3)n1. The van der Waals surface area contributed by atoms with E-state index in [1.165, 1.54) is 30.2 Å². The lowest BCUT2D eigenvalue weighted by molar-refractivity contribution is -0.139. The molecule has 2 aromatic carbocycles. The molecule has 0 unspecified atom stereocenters. The van der Waals surface area contributed by atoms with Crippen molar-refractivity contribution in [2.45, 2.75) is 31.4 Å². The minimum atomic E-state index is -4.87. The maximum Gasteiger partial charge on any atom is 0.423 e. The summed E-state index contributed by atoms with van der Waals surface area (Å²) in [4.78, 5) is 34.6. The number of nitrogens with zero attached hydrogens (tertiary/aromatic N) is 3. The van der Waals surface area contributed by atoms with Crippen LogP contribution in [0, 0.1) is 0 Å². The summed E-state index contributed by atoms with van der Waals surface area (Å²) in [6.07, 6.45) is -5.19. The predicted molar refractivity (Wildman–Crippen MR) is 144 cm³/mol. The number of piperidine rings is 1. The summed E-state index contributed by atoms with van der Waals surface area (Å²) in [5.74, 6) is -2.15. The van der Waals surface area contributed by atoms with E-state index >= 15 is 0 Å². The monoisotopic (exact) mass is 608 g/mol. The number of aromatic nitrogens is 2. The summed E-state index contributed by atoms with van der Waals surface area (Å²) >= 11 is 6.36. The highest BCUT2D eigenvalue weighted by Gasteiger charge is 2.38. The predicted octanol–water partition coefficient (Wildman–Crippen LogP) is 4.71. The molecule has 3 aromatic rings. The van der Waals surface area contributed by atoms with Crippen molar-refractivity contribution in [1.82, 2.24) is 25.5 Å². The number of methoxy groups -OCH3 is 1. The molecule has 0 saturated carbocycles. The Morgan fingerprint density at radius 2 is 2.02 bits per heavy atom. The Morgan fingerprint density at radius 1 is 1.24 bits per heavy atom. The van der Waals surface area contributed by atoms with Crippen LogP contribution in [0.15, 0.2) is 36.5 Å². The summed E-state index contributed by atoms with van der Waals surface area (Å²) in [5.41, 5.74) is -0.369. The molecule has 0 bridgehead atoms. The molecule has 10 nitrogen and oxygen atoms in total. The Kier molecular flexibility index (Phi) is 8.10. The maximum absolute atomic E-state index is 14.2. The summed E-state index contributed by atoms with van der Waals surface area (Å²) in [5, 5.41) is 8.23. The van der Waals surface area contributed by atoms with Gasteiger partial charge < -0.3 is 30.3 Å². The number of carbonyl (C=O) groups excluding carboxylic acids is 2. The Hall–Kier alpha value is -4.17. The molecule has 1 aromatic heterocycles. The first-order valence-electron chi connectivity index (χ1n) is 12.8. The molecule has 5 rings (SSSR count). The lowest BCUT2D eigenvalue weighted by Gasteiger charge is -2.27. The molecule has 2 atom stereocenters. The zero-order chi connectivity index (χ0) is 30.2. The molecule has 15 heteroatoms. The van der Waals surface area contributed by atoms with Gasteiger partial charge in [0.25, 0.3) is 11.8 Å². The van der Waals surface area contributed by atoms with Crippen LogP contribution in [0.25, 0.3) is 0 Å². The Morgan fingerprint density at radius 3 is 2.74 bits per heavy atom. The van der Waals surface area contributed by atoms with Crippen molar-refractivity contribution in [3.63, 3.8) is 0 Å². The van der Waals surface area contributed by atoms with E-state index in [1.807, 2.05) is 0 Å². The minimum absolute atomic E-state index is 0.00901. The largest absolute Gasteiger partial charge is 0.495 e. The lowest BCUT2D eigenvalue weighted by Crippen LogP contribution is -2.50. The quantitative estimate of drug-likeness (QED) is 0.330. The number of carbonyl (C=O) groups is 2.